The topological polar surface area (TPSA) is 39.4 Å². The number of aryl methyl sites for hydroxylation is 1. The molecule has 0 saturated carbocycles. The first-order chi connectivity index (χ1) is 8.67. The first-order valence-electron chi connectivity index (χ1n) is 6.23. The molecule has 1 atom stereocenters. The van der Waals surface area contributed by atoms with E-state index in [1.807, 2.05) is 32.0 Å². The van der Waals surface area contributed by atoms with Gasteiger partial charge in [0.1, 0.15) is 11.7 Å². The maximum atomic E-state index is 12.2. The minimum absolute atomic E-state index is 0.0741. The van der Waals surface area contributed by atoms with Crippen molar-refractivity contribution in [1.82, 2.24) is 0 Å². The van der Waals surface area contributed by atoms with Crippen LogP contribution >= 0.6 is 0 Å². The molecule has 18 heavy (non-hydrogen) atoms. The van der Waals surface area contributed by atoms with Crippen LogP contribution < -0.4 is 0 Å². The molecular formula is C15H18O3. The van der Waals surface area contributed by atoms with E-state index in [1.165, 1.54) is 0 Å². The maximum Gasteiger partial charge on any atom is 0.226 e. The van der Waals surface area contributed by atoms with Gasteiger partial charge in [-0.05, 0) is 25.0 Å². The standard InChI is InChI=1S/C15H18O3/c1-4-6-12(17-3)14(16)13-9-11-8-5-7-10(2)15(11)18-13/h5,7-9,12H,4,6H2,1-3H3. The van der Waals surface area contributed by atoms with Crippen LogP contribution in [0, 0.1) is 6.92 Å². The molecule has 0 aliphatic heterocycles. The van der Waals surface area contributed by atoms with Gasteiger partial charge in [0.05, 0.1) is 0 Å². The van der Waals surface area contributed by atoms with Gasteiger partial charge in [0.25, 0.3) is 0 Å². The van der Waals surface area contributed by atoms with Crippen molar-refractivity contribution in [2.24, 2.45) is 0 Å². The van der Waals surface area contributed by atoms with E-state index >= 15 is 0 Å². The van der Waals surface area contributed by atoms with Crippen LogP contribution in [-0.4, -0.2) is 19.0 Å². The molecule has 1 heterocycles. The number of furan rings is 1. The van der Waals surface area contributed by atoms with Gasteiger partial charge < -0.3 is 9.15 Å². The van der Waals surface area contributed by atoms with E-state index in [0.29, 0.717) is 12.2 Å². The maximum absolute atomic E-state index is 12.2. The zero-order valence-corrected chi connectivity index (χ0v) is 11.0. The highest BCUT2D eigenvalue weighted by molar-refractivity contribution is 6.00. The quantitative estimate of drug-likeness (QED) is 0.754. The lowest BCUT2D eigenvalue weighted by molar-refractivity contribution is 0.0553. The number of hydrogen-bond acceptors (Lipinski definition) is 3. The van der Waals surface area contributed by atoms with Gasteiger partial charge >= 0.3 is 0 Å². The number of ketones is 1. The number of rotatable bonds is 5. The molecule has 1 unspecified atom stereocenters. The average Bonchev–Trinajstić information content (AvgIpc) is 2.80. The molecule has 0 bridgehead atoms. The van der Waals surface area contributed by atoms with Gasteiger partial charge in [-0.3, -0.25) is 4.79 Å². The first-order valence-corrected chi connectivity index (χ1v) is 6.23. The van der Waals surface area contributed by atoms with Gasteiger partial charge in [0.15, 0.2) is 5.76 Å². The number of Topliss-reactive ketones (excluding diaryl/α,β-unsaturated/α-hetero) is 1. The van der Waals surface area contributed by atoms with Gasteiger partial charge in [-0.2, -0.15) is 0 Å². The summed E-state index contributed by atoms with van der Waals surface area (Å²) >= 11 is 0. The molecule has 3 heteroatoms. The normalized spacial score (nSPS) is 12.8. The second-order valence-corrected chi connectivity index (χ2v) is 4.48. The van der Waals surface area contributed by atoms with Crippen LogP contribution in [0.1, 0.15) is 35.9 Å². The summed E-state index contributed by atoms with van der Waals surface area (Å²) in [5.74, 6) is 0.314. The van der Waals surface area contributed by atoms with Crippen LogP contribution in [0.25, 0.3) is 11.0 Å². The molecule has 0 amide bonds. The molecule has 0 saturated heterocycles. The molecule has 1 aromatic heterocycles. The summed E-state index contributed by atoms with van der Waals surface area (Å²) < 4.78 is 10.9. The number of hydrogen-bond donors (Lipinski definition) is 0. The Bertz CT molecular complexity index is 554. The molecule has 0 N–H and O–H groups in total. The van der Waals surface area contributed by atoms with Crippen LogP contribution in [0.4, 0.5) is 0 Å². The van der Waals surface area contributed by atoms with Crippen molar-refractivity contribution < 1.29 is 13.9 Å². The Morgan fingerprint density at radius 3 is 2.83 bits per heavy atom. The number of ether oxygens (including phenoxy) is 1. The number of fused-ring (bicyclic) bond motifs is 1. The smallest absolute Gasteiger partial charge is 0.226 e. The average molecular weight is 246 g/mol. The van der Waals surface area contributed by atoms with Crippen molar-refractivity contribution in [2.75, 3.05) is 7.11 Å². The van der Waals surface area contributed by atoms with Crippen molar-refractivity contribution in [3.05, 3.63) is 35.6 Å². The van der Waals surface area contributed by atoms with E-state index in [1.54, 1.807) is 13.2 Å². The zero-order valence-electron chi connectivity index (χ0n) is 11.0. The molecular weight excluding hydrogens is 228 g/mol. The van der Waals surface area contributed by atoms with Crippen molar-refractivity contribution in [1.29, 1.82) is 0 Å². The lowest BCUT2D eigenvalue weighted by Gasteiger charge is -2.10. The number of methoxy groups -OCH3 is 1. The Hall–Kier alpha value is -1.61. The lowest BCUT2D eigenvalue weighted by Crippen LogP contribution is -2.22. The van der Waals surface area contributed by atoms with E-state index in [0.717, 1.165) is 23.0 Å². The van der Waals surface area contributed by atoms with Crippen LogP contribution in [0.2, 0.25) is 0 Å². The summed E-state index contributed by atoms with van der Waals surface area (Å²) in [5, 5.41) is 0.963. The fourth-order valence-corrected chi connectivity index (χ4v) is 2.11. The summed E-state index contributed by atoms with van der Waals surface area (Å²) in [6, 6.07) is 7.68. The third-order valence-electron chi connectivity index (χ3n) is 3.11. The summed E-state index contributed by atoms with van der Waals surface area (Å²) in [4.78, 5) is 12.2. The van der Waals surface area contributed by atoms with Crippen LogP contribution in [0.5, 0.6) is 0 Å². The van der Waals surface area contributed by atoms with Gasteiger partial charge in [0.2, 0.25) is 5.78 Å². The molecule has 1 aromatic carbocycles. The van der Waals surface area contributed by atoms with Crippen molar-refractivity contribution in [2.45, 2.75) is 32.8 Å². The first kappa shape index (κ1) is 12.8. The van der Waals surface area contributed by atoms with Crippen LogP contribution in [0.15, 0.2) is 28.7 Å². The third-order valence-corrected chi connectivity index (χ3v) is 3.11. The van der Waals surface area contributed by atoms with Crippen LogP contribution in [-0.2, 0) is 4.74 Å². The molecule has 3 nitrogen and oxygen atoms in total. The molecule has 0 spiro atoms. The summed E-state index contributed by atoms with van der Waals surface area (Å²) in [7, 11) is 1.56. The zero-order chi connectivity index (χ0) is 13.1. The van der Waals surface area contributed by atoms with E-state index < -0.39 is 6.10 Å². The van der Waals surface area contributed by atoms with Gasteiger partial charge in [-0.15, -0.1) is 0 Å². The Morgan fingerprint density at radius 2 is 2.22 bits per heavy atom. The summed E-state index contributed by atoms with van der Waals surface area (Å²) in [6.07, 6.45) is 1.21. The fourth-order valence-electron chi connectivity index (χ4n) is 2.11. The van der Waals surface area contributed by atoms with Crippen LogP contribution in [0.3, 0.4) is 0 Å². The summed E-state index contributed by atoms with van der Waals surface area (Å²) in [5.41, 5.74) is 1.82. The highest BCUT2D eigenvalue weighted by Crippen LogP contribution is 2.24. The monoisotopic (exact) mass is 246 g/mol. The molecule has 2 aromatic rings. The van der Waals surface area contributed by atoms with E-state index in [9.17, 15) is 4.79 Å². The molecule has 0 fully saturated rings. The fraction of sp³-hybridized carbons (Fsp3) is 0.400. The van der Waals surface area contributed by atoms with Crippen molar-refractivity contribution in [3.8, 4) is 0 Å². The third kappa shape index (κ3) is 2.31. The lowest BCUT2D eigenvalue weighted by atomic mass is 10.1. The van der Waals surface area contributed by atoms with Gasteiger partial charge in [-0.1, -0.05) is 31.5 Å². The number of carbonyl (C=O) groups is 1. The molecule has 96 valence electrons. The van der Waals surface area contributed by atoms with Crippen molar-refractivity contribution >= 4 is 16.8 Å². The minimum Gasteiger partial charge on any atom is -0.453 e. The highest BCUT2D eigenvalue weighted by atomic mass is 16.5. The Kier molecular flexibility index (Phi) is 3.82. The second-order valence-electron chi connectivity index (χ2n) is 4.48. The minimum atomic E-state index is -0.407. The summed E-state index contributed by atoms with van der Waals surface area (Å²) in [6.45, 7) is 4.00. The number of carbonyl (C=O) groups excluding carboxylic acids is 1. The van der Waals surface area contributed by atoms with Crippen molar-refractivity contribution in [3.63, 3.8) is 0 Å². The molecule has 2 rings (SSSR count). The SMILES string of the molecule is CCCC(OC)C(=O)c1cc2cccc(C)c2o1. The Morgan fingerprint density at radius 1 is 1.44 bits per heavy atom. The Labute approximate surface area is 107 Å². The molecule has 0 radical (unpaired) electrons. The van der Waals surface area contributed by atoms with Gasteiger partial charge in [0, 0.05) is 12.5 Å². The Balaban J connectivity index is 2.36. The predicted octanol–water partition coefficient (Wildman–Crippen LogP) is 3.74. The predicted molar refractivity (Wildman–Crippen MR) is 71.0 cm³/mol. The largest absolute Gasteiger partial charge is 0.453 e. The van der Waals surface area contributed by atoms with Gasteiger partial charge in [-0.25, -0.2) is 0 Å². The van der Waals surface area contributed by atoms with E-state index in [4.69, 9.17) is 9.15 Å². The molecule has 0 aliphatic carbocycles. The number of para-hydroxylation sites is 1. The highest BCUT2D eigenvalue weighted by Gasteiger charge is 2.22. The van der Waals surface area contributed by atoms with E-state index in [2.05, 4.69) is 0 Å². The number of benzene rings is 1. The molecule has 0 aliphatic rings. The van der Waals surface area contributed by atoms with E-state index in [-0.39, 0.29) is 5.78 Å². The second kappa shape index (κ2) is 5.36.